The van der Waals surface area contributed by atoms with Crippen molar-refractivity contribution in [3.05, 3.63) is 0 Å². The molecule has 0 aromatic heterocycles. The topological polar surface area (TPSA) is 78.9 Å². The minimum absolute atomic E-state index is 0.0633. The molecule has 0 saturated carbocycles. The monoisotopic (exact) mass is 891 g/mol. The van der Waals surface area contributed by atoms with Crippen LogP contribution in [0.2, 0.25) is 0 Å². The molecule has 0 aromatic rings. The summed E-state index contributed by atoms with van der Waals surface area (Å²) >= 11 is 0. The van der Waals surface area contributed by atoms with Crippen LogP contribution in [0.5, 0.6) is 0 Å². The zero-order valence-corrected chi connectivity index (χ0v) is 43.2. The number of esters is 3. The SMILES string of the molecule is CCCCCCCCCCCCCCCCCC(=O)OC[C@@H](COC(=O)CCCCCCCCCCCCCCCCC(C)CC)OC(=O)CCCCCCCCCCC(C)CC. The van der Waals surface area contributed by atoms with Crippen LogP contribution in [0, 0.1) is 11.8 Å². The van der Waals surface area contributed by atoms with Gasteiger partial charge in [-0.3, -0.25) is 14.4 Å². The van der Waals surface area contributed by atoms with Crippen molar-refractivity contribution < 1.29 is 28.6 Å². The van der Waals surface area contributed by atoms with E-state index in [-0.39, 0.29) is 31.1 Å². The minimum Gasteiger partial charge on any atom is -0.462 e. The van der Waals surface area contributed by atoms with Crippen molar-refractivity contribution in [2.45, 2.75) is 323 Å². The molecular weight excluding hydrogens is 781 g/mol. The maximum Gasteiger partial charge on any atom is 0.306 e. The Morgan fingerprint density at radius 2 is 0.556 bits per heavy atom. The van der Waals surface area contributed by atoms with Crippen LogP contribution in [0.25, 0.3) is 0 Å². The fourth-order valence-electron chi connectivity index (χ4n) is 8.63. The maximum absolute atomic E-state index is 12.8. The third-order valence-electron chi connectivity index (χ3n) is 13.7. The summed E-state index contributed by atoms with van der Waals surface area (Å²) < 4.78 is 16.9. The van der Waals surface area contributed by atoms with Gasteiger partial charge in [0.15, 0.2) is 6.10 Å². The summed E-state index contributed by atoms with van der Waals surface area (Å²) in [5.41, 5.74) is 0. The molecule has 0 heterocycles. The first-order valence-corrected chi connectivity index (χ1v) is 28.3. The van der Waals surface area contributed by atoms with Gasteiger partial charge in [0.1, 0.15) is 13.2 Å². The van der Waals surface area contributed by atoms with Gasteiger partial charge in [-0.25, -0.2) is 0 Å². The Hall–Kier alpha value is -1.59. The predicted octanol–water partition coefficient (Wildman–Crippen LogP) is 18.5. The third kappa shape index (κ3) is 48.2. The van der Waals surface area contributed by atoms with Gasteiger partial charge in [0.05, 0.1) is 0 Å². The predicted molar refractivity (Wildman–Crippen MR) is 270 cm³/mol. The summed E-state index contributed by atoms with van der Waals surface area (Å²) in [6, 6.07) is 0. The lowest BCUT2D eigenvalue weighted by Crippen LogP contribution is -2.30. The van der Waals surface area contributed by atoms with Crippen molar-refractivity contribution in [1.29, 1.82) is 0 Å². The standard InChI is InChI=1S/C57H110O6/c1-6-9-10-11-12-13-14-15-16-20-23-26-32-37-42-47-55(58)61-50-54(63-57(60)49-44-39-34-29-28-31-36-41-46-53(5)8-3)51-62-56(59)48-43-38-33-27-24-21-18-17-19-22-25-30-35-40-45-52(4)7-2/h52-54H,6-51H2,1-5H3/t52?,53?,54-/m0/s1. The van der Waals surface area contributed by atoms with Crippen LogP contribution >= 0.6 is 0 Å². The molecule has 0 aliphatic carbocycles. The van der Waals surface area contributed by atoms with Crippen molar-refractivity contribution in [2.24, 2.45) is 11.8 Å². The van der Waals surface area contributed by atoms with E-state index >= 15 is 0 Å². The van der Waals surface area contributed by atoms with Gasteiger partial charge in [-0.1, -0.05) is 279 Å². The molecule has 2 unspecified atom stereocenters. The lowest BCUT2D eigenvalue weighted by Gasteiger charge is -2.18. The summed E-state index contributed by atoms with van der Waals surface area (Å²) in [6.45, 7) is 11.4. The quantitative estimate of drug-likeness (QED) is 0.0344. The lowest BCUT2D eigenvalue weighted by molar-refractivity contribution is -0.167. The number of carbonyl (C=O) groups is 3. The van der Waals surface area contributed by atoms with E-state index < -0.39 is 6.10 Å². The summed E-state index contributed by atoms with van der Waals surface area (Å²) in [5.74, 6) is 0.897. The molecular formula is C57H110O6. The van der Waals surface area contributed by atoms with Crippen LogP contribution in [0.15, 0.2) is 0 Å². The molecule has 0 fully saturated rings. The average molecular weight is 892 g/mol. The lowest BCUT2D eigenvalue weighted by atomic mass is 9.99. The normalized spacial score (nSPS) is 12.9. The zero-order chi connectivity index (χ0) is 46.1. The fourth-order valence-corrected chi connectivity index (χ4v) is 8.63. The van der Waals surface area contributed by atoms with E-state index in [4.69, 9.17) is 14.2 Å². The number of carbonyl (C=O) groups excluding carboxylic acids is 3. The molecule has 6 heteroatoms. The van der Waals surface area contributed by atoms with Crippen LogP contribution in [0.3, 0.4) is 0 Å². The van der Waals surface area contributed by atoms with Gasteiger partial charge >= 0.3 is 17.9 Å². The van der Waals surface area contributed by atoms with E-state index in [1.807, 2.05) is 0 Å². The molecule has 374 valence electrons. The molecule has 0 radical (unpaired) electrons. The van der Waals surface area contributed by atoms with Crippen LogP contribution in [0.1, 0.15) is 317 Å². The first-order valence-electron chi connectivity index (χ1n) is 28.3. The van der Waals surface area contributed by atoms with Crippen molar-refractivity contribution in [2.75, 3.05) is 13.2 Å². The van der Waals surface area contributed by atoms with Crippen LogP contribution in [-0.2, 0) is 28.6 Å². The fraction of sp³-hybridized carbons (Fsp3) is 0.947. The summed E-state index contributed by atoms with van der Waals surface area (Å²) in [4.78, 5) is 38.1. The molecule has 0 bridgehead atoms. The highest BCUT2D eigenvalue weighted by Crippen LogP contribution is 2.19. The van der Waals surface area contributed by atoms with Crippen molar-refractivity contribution >= 4 is 17.9 Å². The van der Waals surface area contributed by atoms with Gasteiger partial charge in [-0.15, -0.1) is 0 Å². The Kier molecular flexibility index (Phi) is 48.6. The smallest absolute Gasteiger partial charge is 0.306 e. The second kappa shape index (κ2) is 49.8. The molecule has 0 N–H and O–H groups in total. The second-order valence-electron chi connectivity index (χ2n) is 20.1. The summed E-state index contributed by atoms with van der Waals surface area (Å²) in [7, 11) is 0. The Morgan fingerprint density at radius 1 is 0.317 bits per heavy atom. The number of hydrogen-bond donors (Lipinski definition) is 0. The van der Waals surface area contributed by atoms with Gasteiger partial charge in [0.2, 0.25) is 0 Å². The maximum atomic E-state index is 12.8. The molecule has 0 aliphatic heterocycles. The molecule has 0 aromatic carbocycles. The van der Waals surface area contributed by atoms with E-state index in [0.29, 0.717) is 19.3 Å². The molecule has 3 atom stereocenters. The van der Waals surface area contributed by atoms with Gasteiger partial charge < -0.3 is 14.2 Å². The van der Waals surface area contributed by atoms with Crippen molar-refractivity contribution in [3.8, 4) is 0 Å². The summed E-state index contributed by atoms with van der Waals surface area (Å²) in [5, 5.41) is 0. The Morgan fingerprint density at radius 3 is 0.825 bits per heavy atom. The van der Waals surface area contributed by atoms with Crippen LogP contribution in [-0.4, -0.2) is 37.2 Å². The highest BCUT2D eigenvalue weighted by atomic mass is 16.6. The van der Waals surface area contributed by atoms with Crippen LogP contribution < -0.4 is 0 Å². The third-order valence-corrected chi connectivity index (χ3v) is 13.7. The van der Waals surface area contributed by atoms with Gasteiger partial charge in [-0.05, 0) is 31.1 Å². The van der Waals surface area contributed by atoms with Gasteiger partial charge in [0.25, 0.3) is 0 Å². The summed E-state index contributed by atoms with van der Waals surface area (Å²) in [6.07, 6.45) is 52.2. The average Bonchev–Trinajstić information content (AvgIpc) is 3.28. The van der Waals surface area contributed by atoms with E-state index in [2.05, 4.69) is 34.6 Å². The Balaban J connectivity index is 4.28. The largest absolute Gasteiger partial charge is 0.462 e. The highest BCUT2D eigenvalue weighted by Gasteiger charge is 2.19. The molecule has 0 spiro atoms. The van der Waals surface area contributed by atoms with E-state index in [1.54, 1.807) is 0 Å². The van der Waals surface area contributed by atoms with Crippen LogP contribution in [0.4, 0.5) is 0 Å². The first kappa shape index (κ1) is 61.4. The van der Waals surface area contributed by atoms with Crippen molar-refractivity contribution in [1.82, 2.24) is 0 Å². The number of unbranched alkanes of at least 4 members (excludes halogenated alkanes) is 34. The molecule has 0 aliphatic rings. The zero-order valence-electron chi connectivity index (χ0n) is 43.2. The second-order valence-corrected chi connectivity index (χ2v) is 20.1. The molecule has 0 rings (SSSR count). The van der Waals surface area contributed by atoms with Gasteiger partial charge in [-0.2, -0.15) is 0 Å². The van der Waals surface area contributed by atoms with E-state index in [0.717, 1.165) is 69.6 Å². The minimum atomic E-state index is -0.763. The molecule has 6 nitrogen and oxygen atoms in total. The molecule has 63 heavy (non-hydrogen) atoms. The Labute approximate surface area is 393 Å². The highest BCUT2D eigenvalue weighted by molar-refractivity contribution is 5.71. The Bertz CT molecular complexity index is 966. The van der Waals surface area contributed by atoms with E-state index in [9.17, 15) is 14.4 Å². The first-order chi connectivity index (χ1) is 30.8. The van der Waals surface area contributed by atoms with E-state index in [1.165, 1.54) is 205 Å². The van der Waals surface area contributed by atoms with Gasteiger partial charge in [0, 0.05) is 19.3 Å². The number of hydrogen-bond acceptors (Lipinski definition) is 6. The molecule has 0 saturated heterocycles. The number of rotatable bonds is 51. The molecule has 0 amide bonds. The van der Waals surface area contributed by atoms with Crippen molar-refractivity contribution in [3.63, 3.8) is 0 Å². The number of ether oxygens (including phenoxy) is 3.